The topological polar surface area (TPSA) is 72.3 Å². The van der Waals surface area contributed by atoms with Crippen molar-refractivity contribution in [1.29, 1.82) is 0 Å². The lowest BCUT2D eigenvalue weighted by Crippen LogP contribution is -2.24. The van der Waals surface area contributed by atoms with Crippen molar-refractivity contribution >= 4 is 11.6 Å². The number of hydrogen-bond acceptors (Lipinski definition) is 4. The van der Waals surface area contributed by atoms with Crippen molar-refractivity contribution in [2.24, 2.45) is 0 Å². The highest BCUT2D eigenvalue weighted by molar-refractivity contribution is 6.02. The predicted molar refractivity (Wildman–Crippen MR) is 77.9 cm³/mol. The second-order valence-electron chi connectivity index (χ2n) is 5.75. The smallest absolute Gasteiger partial charge is 0.344 e. The second kappa shape index (κ2) is 4.73. The van der Waals surface area contributed by atoms with E-state index in [-0.39, 0.29) is 0 Å². The summed E-state index contributed by atoms with van der Waals surface area (Å²) in [7, 11) is 0. The van der Waals surface area contributed by atoms with Crippen LogP contribution in [0.15, 0.2) is 36.7 Å². The number of rotatable bonds is 2. The summed E-state index contributed by atoms with van der Waals surface area (Å²) in [5.41, 5.74) is 1.86. The Kier molecular flexibility index (Phi) is 3.01. The molecule has 3 rings (SSSR count). The highest BCUT2D eigenvalue weighted by Gasteiger charge is 2.26. The number of aromatic amines is 1. The zero-order valence-corrected chi connectivity index (χ0v) is 12.1. The highest BCUT2D eigenvalue weighted by Crippen LogP contribution is 2.27. The van der Waals surface area contributed by atoms with Crippen molar-refractivity contribution in [3.8, 4) is 11.3 Å². The van der Waals surface area contributed by atoms with E-state index >= 15 is 0 Å². The van der Waals surface area contributed by atoms with E-state index in [0.717, 1.165) is 5.56 Å². The lowest BCUT2D eigenvalue weighted by atomic mass is 10.1. The molecule has 6 nitrogen and oxygen atoms in total. The summed E-state index contributed by atoms with van der Waals surface area (Å²) in [6.45, 7) is 5.50. The minimum atomic E-state index is -0.570. The molecule has 0 fully saturated rings. The molecule has 1 aromatic carbocycles. The SMILES string of the molecule is CC(C)(C)OC(=O)c1c(-c2ccccc2)[nH]n2cnnc12. The van der Waals surface area contributed by atoms with E-state index in [1.165, 1.54) is 6.33 Å². The first-order valence-electron chi connectivity index (χ1n) is 6.66. The number of aromatic nitrogens is 4. The Bertz CT molecular complexity index is 781. The number of benzene rings is 1. The number of fused-ring (bicyclic) bond motifs is 1. The van der Waals surface area contributed by atoms with Crippen LogP contribution in [-0.2, 0) is 4.74 Å². The van der Waals surface area contributed by atoms with Gasteiger partial charge in [0.25, 0.3) is 0 Å². The number of nitrogens with zero attached hydrogens (tertiary/aromatic N) is 3. The zero-order chi connectivity index (χ0) is 15.0. The van der Waals surface area contributed by atoms with E-state index in [9.17, 15) is 4.79 Å². The van der Waals surface area contributed by atoms with Crippen LogP contribution >= 0.6 is 0 Å². The maximum Gasteiger partial charge on any atom is 0.344 e. The molecule has 0 saturated carbocycles. The predicted octanol–water partition coefficient (Wildman–Crippen LogP) is 2.68. The largest absolute Gasteiger partial charge is 0.456 e. The summed E-state index contributed by atoms with van der Waals surface area (Å²) < 4.78 is 7.09. The van der Waals surface area contributed by atoms with Gasteiger partial charge in [-0.05, 0) is 20.8 Å². The Morgan fingerprint density at radius 3 is 2.62 bits per heavy atom. The molecule has 2 aromatic heterocycles. The third-order valence-corrected chi connectivity index (χ3v) is 2.92. The van der Waals surface area contributed by atoms with E-state index in [2.05, 4.69) is 15.3 Å². The number of H-pyrrole nitrogens is 1. The van der Waals surface area contributed by atoms with Crippen molar-refractivity contribution in [2.75, 3.05) is 0 Å². The van der Waals surface area contributed by atoms with Crippen LogP contribution in [-0.4, -0.2) is 31.4 Å². The third kappa shape index (κ3) is 2.52. The molecule has 0 saturated heterocycles. The fourth-order valence-electron chi connectivity index (χ4n) is 2.11. The Hall–Kier alpha value is -2.63. The van der Waals surface area contributed by atoms with Crippen molar-refractivity contribution in [2.45, 2.75) is 26.4 Å². The molecular weight excluding hydrogens is 268 g/mol. The summed E-state index contributed by atoms with van der Waals surface area (Å²) in [5, 5.41) is 10.9. The zero-order valence-electron chi connectivity index (χ0n) is 12.1. The van der Waals surface area contributed by atoms with Crippen LogP contribution in [0, 0.1) is 0 Å². The summed E-state index contributed by atoms with van der Waals surface area (Å²) in [6.07, 6.45) is 1.52. The van der Waals surface area contributed by atoms with E-state index in [1.54, 1.807) is 4.52 Å². The first-order chi connectivity index (χ1) is 9.96. The average molecular weight is 284 g/mol. The number of nitrogens with one attached hydrogen (secondary N) is 1. The van der Waals surface area contributed by atoms with Gasteiger partial charge >= 0.3 is 5.97 Å². The van der Waals surface area contributed by atoms with Crippen LogP contribution in [0.25, 0.3) is 16.9 Å². The molecule has 1 N–H and O–H groups in total. The van der Waals surface area contributed by atoms with Gasteiger partial charge in [-0.15, -0.1) is 10.2 Å². The van der Waals surface area contributed by atoms with Gasteiger partial charge in [0.1, 0.15) is 17.5 Å². The lowest BCUT2D eigenvalue weighted by molar-refractivity contribution is 0.00725. The monoisotopic (exact) mass is 284 g/mol. The fraction of sp³-hybridized carbons (Fsp3) is 0.267. The number of carbonyl (C=O) groups excluding carboxylic acids is 1. The fourth-order valence-corrected chi connectivity index (χ4v) is 2.11. The van der Waals surface area contributed by atoms with Crippen molar-refractivity contribution in [3.63, 3.8) is 0 Å². The van der Waals surface area contributed by atoms with Gasteiger partial charge in [-0.2, -0.15) is 0 Å². The molecule has 0 spiro atoms. The normalized spacial score (nSPS) is 11.8. The van der Waals surface area contributed by atoms with Crippen LogP contribution in [0.4, 0.5) is 0 Å². The van der Waals surface area contributed by atoms with Crippen molar-refractivity contribution < 1.29 is 9.53 Å². The molecule has 0 aliphatic heterocycles. The van der Waals surface area contributed by atoms with Crippen molar-refractivity contribution in [3.05, 3.63) is 42.2 Å². The number of hydrogen-bond donors (Lipinski definition) is 1. The van der Waals surface area contributed by atoms with Crippen LogP contribution in [0.1, 0.15) is 31.1 Å². The van der Waals surface area contributed by atoms with Gasteiger partial charge in [0.15, 0.2) is 5.65 Å². The second-order valence-corrected chi connectivity index (χ2v) is 5.75. The first kappa shape index (κ1) is 13.4. The molecule has 2 heterocycles. The molecule has 0 atom stereocenters. The molecule has 0 amide bonds. The average Bonchev–Trinajstić information content (AvgIpc) is 2.97. The van der Waals surface area contributed by atoms with E-state index < -0.39 is 11.6 Å². The molecule has 0 radical (unpaired) electrons. The third-order valence-electron chi connectivity index (χ3n) is 2.92. The number of ether oxygens (including phenoxy) is 1. The summed E-state index contributed by atoms with van der Waals surface area (Å²) in [4.78, 5) is 12.5. The maximum atomic E-state index is 12.5. The van der Waals surface area contributed by atoms with Gasteiger partial charge in [-0.3, -0.25) is 5.10 Å². The Morgan fingerprint density at radius 2 is 1.95 bits per heavy atom. The molecule has 0 bridgehead atoms. The van der Waals surface area contributed by atoms with E-state index in [4.69, 9.17) is 4.74 Å². The Balaban J connectivity index is 2.15. The van der Waals surface area contributed by atoms with Gasteiger partial charge in [0.2, 0.25) is 0 Å². The Labute approximate surface area is 121 Å². The van der Waals surface area contributed by atoms with E-state index in [1.807, 2.05) is 51.1 Å². The van der Waals surface area contributed by atoms with Gasteiger partial charge in [-0.1, -0.05) is 30.3 Å². The summed E-state index contributed by atoms with van der Waals surface area (Å²) in [5.74, 6) is -0.416. The molecule has 0 aliphatic rings. The van der Waals surface area contributed by atoms with Crippen LogP contribution in [0.2, 0.25) is 0 Å². The molecule has 0 aliphatic carbocycles. The van der Waals surface area contributed by atoms with Crippen LogP contribution < -0.4 is 0 Å². The maximum absolute atomic E-state index is 12.5. The standard InChI is InChI=1S/C15H16N4O2/c1-15(2,3)21-14(20)11-12(10-7-5-4-6-8-10)18-19-9-16-17-13(11)19/h4-9,18H,1-3H3. The lowest BCUT2D eigenvalue weighted by Gasteiger charge is -2.19. The molecular formula is C15H16N4O2. The van der Waals surface area contributed by atoms with Gasteiger partial charge in [0.05, 0.1) is 5.69 Å². The Morgan fingerprint density at radius 1 is 1.24 bits per heavy atom. The molecule has 108 valence electrons. The van der Waals surface area contributed by atoms with Crippen LogP contribution in [0.5, 0.6) is 0 Å². The van der Waals surface area contributed by atoms with E-state index in [0.29, 0.717) is 16.9 Å². The van der Waals surface area contributed by atoms with Crippen LogP contribution in [0.3, 0.4) is 0 Å². The first-order valence-corrected chi connectivity index (χ1v) is 6.66. The minimum absolute atomic E-state index is 0.397. The molecule has 21 heavy (non-hydrogen) atoms. The molecule has 0 unspecified atom stereocenters. The molecule has 6 heteroatoms. The van der Waals surface area contributed by atoms with Crippen molar-refractivity contribution in [1.82, 2.24) is 19.8 Å². The number of carbonyl (C=O) groups is 1. The summed E-state index contributed by atoms with van der Waals surface area (Å²) >= 11 is 0. The number of esters is 1. The minimum Gasteiger partial charge on any atom is -0.456 e. The summed E-state index contributed by atoms with van der Waals surface area (Å²) in [6, 6.07) is 9.59. The van der Waals surface area contributed by atoms with Gasteiger partial charge in [0, 0.05) is 5.56 Å². The quantitative estimate of drug-likeness (QED) is 0.734. The molecule has 3 aromatic rings. The highest BCUT2D eigenvalue weighted by atomic mass is 16.6. The van der Waals surface area contributed by atoms with Gasteiger partial charge < -0.3 is 4.74 Å². The van der Waals surface area contributed by atoms with Gasteiger partial charge in [-0.25, -0.2) is 9.31 Å².